The molecule has 3 rings (SSSR count). The molecule has 0 N–H and O–H groups in total. The summed E-state index contributed by atoms with van der Waals surface area (Å²) in [4.78, 5) is 27.6. The highest BCUT2D eigenvalue weighted by atomic mass is 19.4. The van der Waals surface area contributed by atoms with Crippen molar-refractivity contribution < 1.29 is 35.9 Å². The van der Waals surface area contributed by atoms with Gasteiger partial charge in [0.25, 0.3) is 0 Å². The summed E-state index contributed by atoms with van der Waals surface area (Å²) in [5.41, 5.74) is -3.33. The van der Waals surface area contributed by atoms with E-state index in [2.05, 4.69) is 4.98 Å². The maximum absolute atomic E-state index is 13.9. The van der Waals surface area contributed by atoms with Crippen LogP contribution in [0.5, 0.6) is 0 Å². The highest BCUT2D eigenvalue weighted by molar-refractivity contribution is 6.24. The van der Waals surface area contributed by atoms with Gasteiger partial charge in [0.05, 0.1) is 16.8 Å². The number of hydrogen-bond donors (Lipinski definition) is 0. The van der Waals surface area contributed by atoms with Crippen molar-refractivity contribution in [2.24, 2.45) is 0 Å². The second-order valence-electron chi connectivity index (χ2n) is 5.50. The summed E-state index contributed by atoms with van der Waals surface area (Å²) < 4.78 is 78.5. The van der Waals surface area contributed by atoms with Crippen molar-refractivity contribution in [3.05, 3.63) is 75.9 Å². The Balaban J connectivity index is 1.97. The van der Waals surface area contributed by atoms with E-state index in [-0.39, 0.29) is 11.6 Å². The van der Waals surface area contributed by atoms with Crippen molar-refractivity contribution in [1.82, 2.24) is 4.98 Å². The molecule has 0 fully saturated rings. The lowest BCUT2D eigenvalue weighted by Crippen LogP contribution is -2.21. The maximum atomic E-state index is 13.9. The largest absolute Gasteiger partial charge is 0.417 e. The van der Waals surface area contributed by atoms with Crippen LogP contribution in [0.4, 0.5) is 26.3 Å². The first-order valence-corrected chi connectivity index (χ1v) is 7.08. The summed E-state index contributed by atoms with van der Waals surface area (Å²) in [5.74, 6) is -5.50. The van der Waals surface area contributed by atoms with Gasteiger partial charge < -0.3 is 0 Å². The van der Waals surface area contributed by atoms with Crippen LogP contribution in [-0.2, 0) is 12.6 Å². The molecular weight excluding hydrogens is 364 g/mol. The third-order valence-electron chi connectivity index (χ3n) is 3.75. The Kier molecular flexibility index (Phi) is 4.17. The molecule has 0 bridgehead atoms. The van der Waals surface area contributed by atoms with Crippen molar-refractivity contribution in [2.45, 2.75) is 12.6 Å². The number of alkyl halides is 3. The molecular formula is C17H7F6NO2. The van der Waals surface area contributed by atoms with Crippen LogP contribution >= 0.6 is 0 Å². The quantitative estimate of drug-likeness (QED) is 0.748. The molecule has 1 aliphatic carbocycles. The zero-order valence-corrected chi connectivity index (χ0v) is 12.6. The molecule has 9 heteroatoms. The SMILES string of the molecule is O=C1C=C(Cc2ncc(C(F)(F)F)cc2F)C(=O)c2c(F)cc(F)cc21. The fourth-order valence-electron chi connectivity index (χ4n) is 2.52. The molecule has 2 aromatic rings. The normalized spacial score (nSPS) is 14.3. The fourth-order valence-corrected chi connectivity index (χ4v) is 2.52. The van der Waals surface area contributed by atoms with Crippen LogP contribution in [0, 0.1) is 17.5 Å². The smallest absolute Gasteiger partial charge is 0.289 e. The van der Waals surface area contributed by atoms with Crippen molar-refractivity contribution in [3.8, 4) is 0 Å². The van der Waals surface area contributed by atoms with E-state index in [0.29, 0.717) is 18.3 Å². The number of carbonyl (C=O) groups is 2. The first-order valence-electron chi connectivity index (χ1n) is 7.08. The van der Waals surface area contributed by atoms with Crippen LogP contribution in [0.25, 0.3) is 0 Å². The Morgan fingerprint density at radius 1 is 0.962 bits per heavy atom. The minimum absolute atomic E-state index is 0.210. The number of Topliss-reactive ketones (excluding diaryl/α,β-unsaturated/α-hetero) is 1. The van der Waals surface area contributed by atoms with Gasteiger partial charge in [0.1, 0.15) is 17.5 Å². The highest BCUT2D eigenvalue weighted by Gasteiger charge is 2.33. The van der Waals surface area contributed by atoms with E-state index in [0.717, 1.165) is 6.08 Å². The topological polar surface area (TPSA) is 47.0 Å². The predicted octanol–water partition coefficient (Wildman–Crippen LogP) is 4.07. The third-order valence-corrected chi connectivity index (χ3v) is 3.75. The zero-order valence-electron chi connectivity index (χ0n) is 12.6. The monoisotopic (exact) mass is 371 g/mol. The number of ketones is 2. The second-order valence-corrected chi connectivity index (χ2v) is 5.50. The summed E-state index contributed by atoms with van der Waals surface area (Å²) in [5, 5.41) is 0. The Morgan fingerprint density at radius 3 is 2.27 bits per heavy atom. The summed E-state index contributed by atoms with van der Waals surface area (Å²) in [6.45, 7) is 0. The predicted molar refractivity (Wildman–Crippen MR) is 76.0 cm³/mol. The van der Waals surface area contributed by atoms with E-state index in [1.807, 2.05) is 0 Å². The minimum atomic E-state index is -4.80. The number of allylic oxidation sites excluding steroid dienone is 2. The summed E-state index contributed by atoms with van der Waals surface area (Å²) in [7, 11) is 0. The van der Waals surface area contributed by atoms with Gasteiger partial charge >= 0.3 is 6.18 Å². The highest BCUT2D eigenvalue weighted by Crippen LogP contribution is 2.31. The number of pyridine rings is 1. The average molecular weight is 371 g/mol. The van der Waals surface area contributed by atoms with Gasteiger partial charge in [-0.3, -0.25) is 14.6 Å². The van der Waals surface area contributed by atoms with Gasteiger partial charge in [0, 0.05) is 29.8 Å². The molecule has 1 aromatic heterocycles. The molecule has 0 spiro atoms. The average Bonchev–Trinajstić information content (AvgIpc) is 2.52. The van der Waals surface area contributed by atoms with E-state index in [4.69, 9.17) is 0 Å². The van der Waals surface area contributed by atoms with Crippen LogP contribution in [0.1, 0.15) is 32.0 Å². The van der Waals surface area contributed by atoms with E-state index >= 15 is 0 Å². The molecule has 1 aliphatic rings. The Morgan fingerprint density at radius 2 is 1.65 bits per heavy atom. The van der Waals surface area contributed by atoms with Gasteiger partial charge in [0.15, 0.2) is 11.6 Å². The standard InChI is InChI=1S/C17H7F6NO2/c18-9-4-10-14(25)2-7(16(26)15(10)12(20)5-9)1-13-11(19)3-8(6-24-13)17(21,22)23/h2-6H,1H2. The first kappa shape index (κ1) is 17.8. The van der Waals surface area contributed by atoms with Crippen LogP contribution in [0.15, 0.2) is 36.0 Å². The number of benzene rings is 1. The van der Waals surface area contributed by atoms with Crippen molar-refractivity contribution >= 4 is 11.6 Å². The van der Waals surface area contributed by atoms with Crippen molar-refractivity contribution in [1.29, 1.82) is 0 Å². The summed E-state index contributed by atoms with van der Waals surface area (Å²) >= 11 is 0. The van der Waals surface area contributed by atoms with Gasteiger partial charge in [-0.1, -0.05) is 0 Å². The van der Waals surface area contributed by atoms with E-state index in [1.54, 1.807) is 0 Å². The van der Waals surface area contributed by atoms with E-state index in [9.17, 15) is 35.9 Å². The molecule has 134 valence electrons. The number of halogens is 6. The minimum Gasteiger partial charge on any atom is -0.289 e. The molecule has 0 radical (unpaired) electrons. The van der Waals surface area contributed by atoms with Gasteiger partial charge in [-0.15, -0.1) is 0 Å². The Bertz CT molecular complexity index is 978. The molecule has 0 unspecified atom stereocenters. The molecule has 1 aromatic carbocycles. The first-order chi connectivity index (χ1) is 12.1. The molecule has 0 amide bonds. The number of nitrogens with zero attached hydrogens (tertiary/aromatic N) is 1. The Hall–Kier alpha value is -2.97. The third kappa shape index (κ3) is 3.12. The van der Waals surface area contributed by atoms with Crippen LogP contribution < -0.4 is 0 Å². The van der Waals surface area contributed by atoms with E-state index < -0.39 is 64.0 Å². The van der Waals surface area contributed by atoms with Crippen LogP contribution in [-0.4, -0.2) is 16.6 Å². The number of fused-ring (bicyclic) bond motifs is 1. The number of aromatic nitrogens is 1. The van der Waals surface area contributed by atoms with Crippen LogP contribution in [0.2, 0.25) is 0 Å². The lowest BCUT2D eigenvalue weighted by atomic mass is 9.87. The van der Waals surface area contributed by atoms with Gasteiger partial charge in [-0.25, -0.2) is 13.2 Å². The summed E-state index contributed by atoms with van der Waals surface area (Å²) in [6.07, 6.45) is -4.26. The molecule has 0 saturated carbocycles. The Labute approximate surface area is 142 Å². The maximum Gasteiger partial charge on any atom is 0.417 e. The molecule has 3 nitrogen and oxygen atoms in total. The van der Waals surface area contributed by atoms with Crippen molar-refractivity contribution in [3.63, 3.8) is 0 Å². The molecule has 0 saturated heterocycles. The molecule has 0 aliphatic heterocycles. The number of hydrogen-bond acceptors (Lipinski definition) is 3. The summed E-state index contributed by atoms with van der Waals surface area (Å²) in [6, 6.07) is 1.33. The van der Waals surface area contributed by atoms with E-state index in [1.165, 1.54) is 0 Å². The zero-order chi connectivity index (χ0) is 19.2. The van der Waals surface area contributed by atoms with Gasteiger partial charge in [-0.2, -0.15) is 13.2 Å². The molecule has 26 heavy (non-hydrogen) atoms. The molecule has 1 heterocycles. The lowest BCUT2D eigenvalue weighted by Gasteiger charge is -2.16. The fraction of sp³-hybridized carbons (Fsp3) is 0.118. The number of carbonyl (C=O) groups excluding carboxylic acids is 2. The number of rotatable bonds is 2. The molecule has 0 atom stereocenters. The van der Waals surface area contributed by atoms with Gasteiger partial charge in [-0.05, 0) is 18.2 Å². The lowest BCUT2D eigenvalue weighted by molar-refractivity contribution is -0.138. The van der Waals surface area contributed by atoms with Crippen LogP contribution in [0.3, 0.4) is 0 Å². The van der Waals surface area contributed by atoms with Crippen molar-refractivity contribution in [2.75, 3.05) is 0 Å². The second kappa shape index (κ2) is 6.08. The van der Waals surface area contributed by atoms with Gasteiger partial charge in [0.2, 0.25) is 0 Å².